The van der Waals surface area contributed by atoms with E-state index in [-0.39, 0.29) is 5.56 Å². The van der Waals surface area contributed by atoms with E-state index >= 15 is 0 Å². The molecule has 0 fully saturated rings. The maximum atomic E-state index is 11.5. The summed E-state index contributed by atoms with van der Waals surface area (Å²) in [6.45, 7) is 2.69. The smallest absolute Gasteiger partial charge is 0.250 e. The highest BCUT2D eigenvalue weighted by atomic mass is 79.9. The van der Waals surface area contributed by atoms with Crippen LogP contribution in [0, 0.1) is 6.92 Å². The van der Waals surface area contributed by atoms with Crippen molar-refractivity contribution in [2.75, 3.05) is 0 Å². The van der Waals surface area contributed by atoms with Crippen molar-refractivity contribution in [2.45, 2.75) is 19.9 Å². The van der Waals surface area contributed by atoms with Gasteiger partial charge in [0.2, 0.25) is 0 Å². The first-order valence-electron chi connectivity index (χ1n) is 4.92. The van der Waals surface area contributed by atoms with Crippen LogP contribution in [0.1, 0.15) is 10.6 Å². The molecule has 0 spiro atoms. The van der Waals surface area contributed by atoms with Crippen molar-refractivity contribution >= 4 is 27.3 Å². The lowest BCUT2D eigenvalue weighted by Gasteiger charge is -2.04. The Hall–Kier alpha value is -0.940. The number of hydrogen-bond acceptors (Lipinski definition) is 3. The molecule has 3 nitrogen and oxygen atoms in total. The molecule has 0 aliphatic rings. The second-order valence-corrected chi connectivity index (χ2v) is 5.34. The van der Waals surface area contributed by atoms with E-state index in [0.29, 0.717) is 6.54 Å². The Kier molecular flexibility index (Phi) is 3.56. The summed E-state index contributed by atoms with van der Waals surface area (Å²) in [5.74, 6) is 0. The summed E-state index contributed by atoms with van der Waals surface area (Å²) >= 11 is 5.00. The zero-order valence-corrected chi connectivity index (χ0v) is 11.2. The summed E-state index contributed by atoms with van der Waals surface area (Å²) in [5.41, 5.74) is 2.94. The molecule has 0 saturated carbocycles. The Morgan fingerprint density at radius 1 is 1.50 bits per heavy atom. The van der Waals surface area contributed by atoms with E-state index < -0.39 is 0 Å². The summed E-state index contributed by atoms with van der Waals surface area (Å²) < 4.78 is 2.64. The van der Waals surface area contributed by atoms with Crippen LogP contribution in [0.5, 0.6) is 0 Å². The summed E-state index contributed by atoms with van der Waals surface area (Å²) in [5, 5.41) is 0. The van der Waals surface area contributed by atoms with E-state index in [1.807, 2.05) is 18.6 Å². The van der Waals surface area contributed by atoms with Gasteiger partial charge in [-0.05, 0) is 28.9 Å². The Morgan fingerprint density at radius 2 is 2.31 bits per heavy atom. The van der Waals surface area contributed by atoms with Gasteiger partial charge in [0.1, 0.15) is 0 Å². The van der Waals surface area contributed by atoms with Crippen LogP contribution >= 0.6 is 27.3 Å². The highest BCUT2D eigenvalue weighted by molar-refractivity contribution is 9.10. The molecule has 0 aliphatic heterocycles. The third kappa shape index (κ3) is 2.59. The molecule has 16 heavy (non-hydrogen) atoms. The van der Waals surface area contributed by atoms with Gasteiger partial charge in [-0.3, -0.25) is 4.79 Å². The minimum Gasteiger partial charge on any atom is -0.314 e. The van der Waals surface area contributed by atoms with Gasteiger partial charge in [-0.15, -0.1) is 11.3 Å². The van der Waals surface area contributed by atoms with E-state index in [1.54, 1.807) is 28.0 Å². The zero-order valence-electron chi connectivity index (χ0n) is 8.81. The molecule has 0 atom stereocenters. The maximum Gasteiger partial charge on any atom is 0.250 e. The molecule has 0 unspecified atom stereocenters. The molecule has 0 aliphatic carbocycles. The Labute approximate surface area is 106 Å². The molecule has 2 heterocycles. The van der Waals surface area contributed by atoms with E-state index in [2.05, 4.69) is 20.9 Å². The third-order valence-corrected chi connectivity index (χ3v) is 3.84. The normalized spacial score (nSPS) is 10.6. The van der Waals surface area contributed by atoms with Crippen LogP contribution in [0.4, 0.5) is 0 Å². The lowest BCUT2D eigenvalue weighted by atomic mass is 10.3. The quantitative estimate of drug-likeness (QED) is 0.873. The second-order valence-electron chi connectivity index (χ2n) is 3.49. The van der Waals surface area contributed by atoms with Crippen molar-refractivity contribution in [2.24, 2.45) is 0 Å². The van der Waals surface area contributed by atoms with Crippen LogP contribution in [0.2, 0.25) is 0 Å². The van der Waals surface area contributed by atoms with Crippen molar-refractivity contribution in [3.05, 3.63) is 49.2 Å². The summed E-state index contributed by atoms with van der Waals surface area (Å²) in [6.07, 6.45) is 2.67. The topological polar surface area (TPSA) is 34.9 Å². The standard InChI is InChI=1S/C11H11BrN2OS/c1-8-10(16-7-13-8)4-5-14-6-9(12)2-3-11(14)15/h2-3,6-7H,4-5H2,1H3. The van der Waals surface area contributed by atoms with E-state index in [0.717, 1.165) is 16.6 Å². The van der Waals surface area contributed by atoms with Gasteiger partial charge >= 0.3 is 0 Å². The fourth-order valence-corrected chi connectivity index (χ4v) is 2.61. The van der Waals surface area contributed by atoms with Gasteiger partial charge in [0.05, 0.1) is 11.2 Å². The van der Waals surface area contributed by atoms with Crippen molar-refractivity contribution < 1.29 is 0 Å². The first-order chi connectivity index (χ1) is 7.66. The van der Waals surface area contributed by atoms with Crippen LogP contribution < -0.4 is 5.56 Å². The van der Waals surface area contributed by atoms with Crippen LogP contribution in [-0.4, -0.2) is 9.55 Å². The molecule has 0 radical (unpaired) electrons. The average molecular weight is 299 g/mol. The van der Waals surface area contributed by atoms with E-state index in [4.69, 9.17) is 0 Å². The zero-order chi connectivity index (χ0) is 11.5. The van der Waals surface area contributed by atoms with Gasteiger partial charge in [-0.1, -0.05) is 0 Å². The Morgan fingerprint density at radius 3 is 3.00 bits per heavy atom. The number of rotatable bonds is 3. The molecule has 0 saturated heterocycles. The van der Waals surface area contributed by atoms with Gasteiger partial charge in [0, 0.05) is 34.6 Å². The number of aromatic nitrogens is 2. The van der Waals surface area contributed by atoms with Gasteiger partial charge in [0.15, 0.2) is 0 Å². The molecule has 84 valence electrons. The molecule has 2 aromatic heterocycles. The van der Waals surface area contributed by atoms with E-state index in [1.165, 1.54) is 4.88 Å². The van der Waals surface area contributed by atoms with Crippen molar-refractivity contribution in [1.29, 1.82) is 0 Å². The lowest BCUT2D eigenvalue weighted by molar-refractivity contribution is 0.670. The molecule has 5 heteroatoms. The molecule has 0 bridgehead atoms. The second kappa shape index (κ2) is 4.93. The maximum absolute atomic E-state index is 11.5. The van der Waals surface area contributed by atoms with Gasteiger partial charge in [-0.25, -0.2) is 4.98 Å². The number of aryl methyl sites for hydroxylation is 3. The summed E-state index contributed by atoms with van der Waals surface area (Å²) in [6, 6.07) is 3.33. The highest BCUT2D eigenvalue weighted by Crippen LogP contribution is 2.13. The molecule has 0 aromatic carbocycles. The molecule has 0 amide bonds. The Balaban J connectivity index is 2.13. The first-order valence-corrected chi connectivity index (χ1v) is 6.59. The van der Waals surface area contributed by atoms with Crippen LogP contribution in [0.15, 0.2) is 33.1 Å². The number of nitrogens with zero attached hydrogens (tertiary/aromatic N) is 2. The number of pyridine rings is 1. The van der Waals surface area contributed by atoms with Crippen LogP contribution in [0.3, 0.4) is 0 Å². The van der Waals surface area contributed by atoms with Crippen molar-refractivity contribution in [3.8, 4) is 0 Å². The summed E-state index contributed by atoms with van der Waals surface area (Å²) in [7, 11) is 0. The number of thiazole rings is 1. The van der Waals surface area contributed by atoms with Crippen LogP contribution in [0.25, 0.3) is 0 Å². The largest absolute Gasteiger partial charge is 0.314 e. The molecular formula is C11H11BrN2OS. The molecular weight excluding hydrogens is 288 g/mol. The number of halogens is 1. The minimum absolute atomic E-state index is 0.0327. The average Bonchev–Trinajstić information content (AvgIpc) is 2.66. The lowest BCUT2D eigenvalue weighted by Crippen LogP contribution is -2.19. The van der Waals surface area contributed by atoms with E-state index in [9.17, 15) is 4.79 Å². The van der Waals surface area contributed by atoms with Gasteiger partial charge in [-0.2, -0.15) is 0 Å². The molecule has 0 N–H and O–H groups in total. The fourth-order valence-electron chi connectivity index (χ4n) is 1.47. The summed E-state index contributed by atoms with van der Waals surface area (Å²) in [4.78, 5) is 17.0. The number of hydrogen-bond donors (Lipinski definition) is 0. The Bertz CT molecular complexity index is 547. The monoisotopic (exact) mass is 298 g/mol. The van der Waals surface area contributed by atoms with Gasteiger partial charge < -0.3 is 4.57 Å². The first kappa shape index (κ1) is 11.5. The molecule has 2 rings (SSSR count). The predicted octanol–water partition coefficient (Wildman–Crippen LogP) is 2.62. The fraction of sp³-hybridized carbons (Fsp3) is 0.273. The minimum atomic E-state index is 0.0327. The van der Waals surface area contributed by atoms with Gasteiger partial charge in [0.25, 0.3) is 5.56 Å². The van der Waals surface area contributed by atoms with Crippen molar-refractivity contribution in [1.82, 2.24) is 9.55 Å². The highest BCUT2D eigenvalue weighted by Gasteiger charge is 2.02. The predicted molar refractivity (Wildman–Crippen MR) is 69.0 cm³/mol. The van der Waals surface area contributed by atoms with Crippen LogP contribution in [-0.2, 0) is 13.0 Å². The SMILES string of the molecule is Cc1ncsc1CCn1cc(Br)ccc1=O. The molecule has 2 aromatic rings. The third-order valence-electron chi connectivity index (χ3n) is 2.37. The van der Waals surface area contributed by atoms with Crippen molar-refractivity contribution in [3.63, 3.8) is 0 Å².